The van der Waals surface area contributed by atoms with Gasteiger partial charge in [-0.3, -0.25) is 14.3 Å². The van der Waals surface area contributed by atoms with E-state index in [0.29, 0.717) is 6.04 Å². The highest BCUT2D eigenvalue weighted by Gasteiger charge is 2.28. The van der Waals surface area contributed by atoms with Crippen molar-refractivity contribution in [2.24, 2.45) is 0 Å². The normalized spacial score (nSPS) is 20.2. The Hall–Kier alpha value is -2.12. The van der Waals surface area contributed by atoms with Gasteiger partial charge in [-0.05, 0) is 25.0 Å². The number of morpholine rings is 1. The van der Waals surface area contributed by atoms with E-state index < -0.39 is 0 Å². The third-order valence-electron chi connectivity index (χ3n) is 5.35. The van der Waals surface area contributed by atoms with Gasteiger partial charge in [0.05, 0.1) is 24.2 Å². The van der Waals surface area contributed by atoms with Crippen LogP contribution in [0.4, 0.5) is 0 Å². The van der Waals surface area contributed by atoms with Gasteiger partial charge in [-0.15, -0.1) is 0 Å². The Morgan fingerprint density at radius 1 is 1.12 bits per heavy atom. The molecule has 2 aliphatic rings. The molecule has 1 aromatic heterocycles. The molecule has 1 N–H and O–H groups in total. The largest absolute Gasteiger partial charge is 0.379 e. The second-order valence-corrected chi connectivity index (χ2v) is 6.79. The summed E-state index contributed by atoms with van der Waals surface area (Å²) >= 11 is 0. The summed E-state index contributed by atoms with van der Waals surface area (Å²) in [5.41, 5.74) is 1.33. The number of imidazole rings is 1. The Kier molecular flexibility index (Phi) is 4.59. The molecule has 1 aromatic carbocycles. The van der Waals surface area contributed by atoms with Gasteiger partial charge in [0.1, 0.15) is 6.54 Å². The van der Waals surface area contributed by atoms with Crippen LogP contribution in [0.5, 0.6) is 0 Å². The second kappa shape index (κ2) is 7.01. The predicted octanol–water partition coefficient (Wildman–Crippen LogP) is 0.653. The van der Waals surface area contributed by atoms with E-state index in [-0.39, 0.29) is 18.1 Å². The van der Waals surface area contributed by atoms with Crippen LogP contribution in [0.3, 0.4) is 0 Å². The molecule has 25 heavy (non-hydrogen) atoms. The summed E-state index contributed by atoms with van der Waals surface area (Å²) in [5, 5.41) is 0. The SMILES string of the molecule is O=C(Cn1c(=O)[nH]c2ccccc21)N1CCC(N2CCOCC2)CC1. The summed E-state index contributed by atoms with van der Waals surface area (Å²) in [5.74, 6) is 0.0206. The van der Waals surface area contributed by atoms with Crippen LogP contribution in [0.1, 0.15) is 12.8 Å². The summed E-state index contributed by atoms with van der Waals surface area (Å²) in [4.78, 5) is 32.0. The number of piperidine rings is 1. The van der Waals surface area contributed by atoms with E-state index in [4.69, 9.17) is 4.74 Å². The number of nitrogens with one attached hydrogen (secondary N) is 1. The molecule has 4 rings (SSSR count). The van der Waals surface area contributed by atoms with Crippen molar-refractivity contribution in [1.29, 1.82) is 0 Å². The van der Waals surface area contributed by atoms with Gasteiger partial charge in [0.15, 0.2) is 0 Å². The lowest BCUT2D eigenvalue weighted by Crippen LogP contribution is -2.50. The number of likely N-dealkylation sites (tertiary alicyclic amines) is 1. The number of ether oxygens (including phenoxy) is 1. The van der Waals surface area contributed by atoms with Crippen molar-refractivity contribution in [3.8, 4) is 0 Å². The molecule has 0 spiro atoms. The average Bonchev–Trinajstić information content (AvgIpc) is 2.98. The number of H-pyrrole nitrogens is 1. The van der Waals surface area contributed by atoms with Gasteiger partial charge in [-0.25, -0.2) is 4.79 Å². The van der Waals surface area contributed by atoms with Crippen molar-refractivity contribution in [2.45, 2.75) is 25.4 Å². The molecule has 2 saturated heterocycles. The van der Waals surface area contributed by atoms with Crippen molar-refractivity contribution in [2.75, 3.05) is 39.4 Å². The Labute approximate surface area is 146 Å². The van der Waals surface area contributed by atoms with Crippen molar-refractivity contribution < 1.29 is 9.53 Å². The number of aromatic amines is 1. The third-order valence-corrected chi connectivity index (χ3v) is 5.35. The molecule has 0 bridgehead atoms. The standard InChI is InChI=1S/C18H24N4O3/c23-17(13-22-16-4-2-1-3-15(16)19-18(22)24)21-7-5-14(6-8-21)20-9-11-25-12-10-20/h1-4,14H,5-13H2,(H,19,24). The molecule has 134 valence electrons. The monoisotopic (exact) mass is 344 g/mol. The van der Waals surface area contributed by atoms with Gasteiger partial charge < -0.3 is 14.6 Å². The average molecular weight is 344 g/mol. The van der Waals surface area contributed by atoms with Gasteiger partial charge in [0, 0.05) is 32.2 Å². The number of benzene rings is 1. The van der Waals surface area contributed by atoms with Crippen LogP contribution in [0, 0.1) is 0 Å². The molecular weight excluding hydrogens is 320 g/mol. The first-order chi connectivity index (χ1) is 12.2. The maximum Gasteiger partial charge on any atom is 0.326 e. The lowest BCUT2D eigenvalue weighted by molar-refractivity contribution is -0.133. The van der Waals surface area contributed by atoms with Gasteiger partial charge in [0.25, 0.3) is 0 Å². The van der Waals surface area contributed by atoms with Crippen LogP contribution in [0.15, 0.2) is 29.1 Å². The van der Waals surface area contributed by atoms with Crippen LogP contribution in [0.25, 0.3) is 11.0 Å². The highest BCUT2D eigenvalue weighted by molar-refractivity contribution is 5.80. The molecular formula is C18H24N4O3. The summed E-state index contributed by atoms with van der Waals surface area (Å²) in [6.07, 6.45) is 1.99. The summed E-state index contributed by atoms with van der Waals surface area (Å²) in [6.45, 7) is 5.22. The molecule has 1 amide bonds. The Morgan fingerprint density at radius 3 is 2.60 bits per heavy atom. The number of aromatic nitrogens is 2. The molecule has 2 fully saturated rings. The fourth-order valence-electron chi connectivity index (χ4n) is 3.92. The minimum atomic E-state index is -0.224. The maximum atomic E-state index is 12.7. The fourth-order valence-corrected chi connectivity index (χ4v) is 3.92. The van der Waals surface area contributed by atoms with Crippen molar-refractivity contribution in [3.05, 3.63) is 34.7 Å². The van der Waals surface area contributed by atoms with Crippen LogP contribution in [0.2, 0.25) is 0 Å². The van der Waals surface area contributed by atoms with E-state index in [1.807, 2.05) is 29.2 Å². The van der Waals surface area contributed by atoms with Crippen LogP contribution in [-0.2, 0) is 16.1 Å². The zero-order valence-corrected chi connectivity index (χ0v) is 14.3. The van der Waals surface area contributed by atoms with Crippen molar-refractivity contribution in [1.82, 2.24) is 19.4 Å². The van der Waals surface area contributed by atoms with E-state index >= 15 is 0 Å². The lowest BCUT2D eigenvalue weighted by Gasteiger charge is -2.40. The van der Waals surface area contributed by atoms with E-state index in [9.17, 15) is 9.59 Å². The van der Waals surface area contributed by atoms with Gasteiger partial charge in [-0.1, -0.05) is 12.1 Å². The van der Waals surface area contributed by atoms with Crippen molar-refractivity contribution in [3.63, 3.8) is 0 Å². The highest BCUT2D eigenvalue weighted by Crippen LogP contribution is 2.18. The Balaban J connectivity index is 1.39. The topological polar surface area (TPSA) is 70.6 Å². The summed E-state index contributed by atoms with van der Waals surface area (Å²) in [7, 11) is 0. The number of rotatable bonds is 3. The molecule has 0 saturated carbocycles. The van der Waals surface area contributed by atoms with Crippen LogP contribution < -0.4 is 5.69 Å². The molecule has 2 aliphatic heterocycles. The number of hydrogen-bond acceptors (Lipinski definition) is 4. The number of para-hydroxylation sites is 2. The number of nitrogens with zero attached hydrogens (tertiary/aromatic N) is 3. The van der Waals surface area contributed by atoms with E-state index in [1.54, 1.807) is 0 Å². The van der Waals surface area contributed by atoms with Gasteiger partial charge >= 0.3 is 5.69 Å². The minimum Gasteiger partial charge on any atom is -0.379 e. The number of carbonyl (C=O) groups excluding carboxylic acids is 1. The first kappa shape index (κ1) is 16.4. The van der Waals surface area contributed by atoms with Gasteiger partial charge in [0.2, 0.25) is 5.91 Å². The number of fused-ring (bicyclic) bond motifs is 1. The van der Waals surface area contributed by atoms with Gasteiger partial charge in [-0.2, -0.15) is 0 Å². The first-order valence-corrected chi connectivity index (χ1v) is 8.99. The smallest absolute Gasteiger partial charge is 0.326 e. The molecule has 3 heterocycles. The quantitative estimate of drug-likeness (QED) is 0.888. The first-order valence-electron chi connectivity index (χ1n) is 8.99. The Bertz CT molecular complexity index is 798. The summed E-state index contributed by atoms with van der Waals surface area (Å²) < 4.78 is 6.95. The second-order valence-electron chi connectivity index (χ2n) is 6.79. The number of amides is 1. The zero-order valence-electron chi connectivity index (χ0n) is 14.3. The molecule has 0 unspecified atom stereocenters. The van der Waals surface area contributed by atoms with E-state index in [1.165, 1.54) is 4.57 Å². The predicted molar refractivity (Wildman–Crippen MR) is 94.6 cm³/mol. The molecule has 0 atom stereocenters. The van der Waals surface area contributed by atoms with Crippen LogP contribution in [-0.4, -0.2) is 70.7 Å². The molecule has 7 nitrogen and oxygen atoms in total. The maximum absolute atomic E-state index is 12.7. The van der Waals surface area contributed by atoms with Crippen molar-refractivity contribution >= 4 is 16.9 Å². The minimum absolute atomic E-state index is 0.0206. The molecule has 0 radical (unpaired) electrons. The number of hydrogen-bond donors (Lipinski definition) is 1. The van der Waals surface area contributed by atoms with Crippen LogP contribution >= 0.6 is 0 Å². The lowest BCUT2D eigenvalue weighted by atomic mass is 10.0. The molecule has 0 aliphatic carbocycles. The molecule has 2 aromatic rings. The van der Waals surface area contributed by atoms with E-state index in [2.05, 4.69) is 9.88 Å². The zero-order chi connectivity index (χ0) is 17.2. The van der Waals surface area contributed by atoms with E-state index in [0.717, 1.165) is 63.3 Å². The molecule has 7 heteroatoms. The third kappa shape index (κ3) is 3.34. The summed E-state index contributed by atoms with van der Waals surface area (Å²) in [6, 6.07) is 8.02. The number of carbonyl (C=O) groups is 1. The fraction of sp³-hybridized carbons (Fsp3) is 0.556. The highest BCUT2D eigenvalue weighted by atomic mass is 16.5. The Morgan fingerprint density at radius 2 is 1.84 bits per heavy atom.